The maximum absolute atomic E-state index is 12.6. The SMILES string of the molecule is O=C(O)c1ccc(N2CC[C@@H](Oc3ccc(C(F)(F)F)cc3)C2=O)cc1. The van der Waals surface area contributed by atoms with E-state index in [4.69, 9.17) is 9.84 Å². The lowest BCUT2D eigenvalue weighted by Crippen LogP contribution is -2.32. The van der Waals surface area contributed by atoms with Crippen LogP contribution in [0.2, 0.25) is 0 Å². The Morgan fingerprint density at radius 1 is 1.08 bits per heavy atom. The van der Waals surface area contributed by atoms with E-state index in [1.807, 2.05) is 0 Å². The zero-order chi connectivity index (χ0) is 18.9. The van der Waals surface area contributed by atoms with Crippen molar-refractivity contribution in [3.8, 4) is 5.75 Å². The highest BCUT2D eigenvalue weighted by Gasteiger charge is 2.35. The fourth-order valence-corrected chi connectivity index (χ4v) is 2.69. The van der Waals surface area contributed by atoms with Crippen molar-refractivity contribution in [1.82, 2.24) is 0 Å². The van der Waals surface area contributed by atoms with Crippen LogP contribution in [0.3, 0.4) is 0 Å². The van der Waals surface area contributed by atoms with Gasteiger partial charge in [0.25, 0.3) is 5.91 Å². The molecule has 1 aliphatic heterocycles. The quantitative estimate of drug-likeness (QED) is 0.899. The number of carbonyl (C=O) groups excluding carboxylic acids is 1. The van der Waals surface area contributed by atoms with Gasteiger partial charge in [0.1, 0.15) is 5.75 Å². The van der Waals surface area contributed by atoms with Crippen molar-refractivity contribution in [2.24, 2.45) is 0 Å². The van der Waals surface area contributed by atoms with Gasteiger partial charge in [0.15, 0.2) is 6.10 Å². The lowest BCUT2D eigenvalue weighted by molar-refractivity contribution is -0.137. The molecule has 0 saturated carbocycles. The van der Waals surface area contributed by atoms with Crippen LogP contribution in [0.15, 0.2) is 48.5 Å². The summed E-state index contributed by atoms with van der Waals surface area (Å²) in [5.74, 6) is -1.21. The van der Waals surface area contributed by atoms with E-state index < -0.39 is 23.8 Å². The highest BCUT2D eigenvalue weighted by molar-refractivity contribution is 5.99. The van der Waals surface area contributed by atoms with Crippen LogP contribution in [0.5, 0.6) is 5.75 Å². The van der Waals surface area contributed by atoms with Crippen molar-refractivity contribution < 1.29 is 32.6 Å². The molecule has 0 aliphatic carbocycles. The highest BCUT2D eigenvalue weighted by Crippen LogP contribution is 2.31. The number of rotatable bonds is 4. The van der Waals surface area contributed by atoms with Gasteiger partial charge in [-0.2, -0.15) is 13.2 Å². The molecule has 1 amide bonds. The number of benzene rings is 2. The fraction of sp³-hybridized carbons (Fsp3) is 0.222. The standard InChI is InChI=1S/C18H14F3NO4/c19-18(20,21)12-3-7-14(8-4-12)26-15-9-10-22(16(15)23)13-5-1-11(2-6-13)17(24)25/h1-8,15H,9-10H2,(H,24,25)/t15-/m1/s1. The van der Waals surface area contributed by atoms with Crippen molar-refractivity contribution >= 4 is 17.6 Å². The minimum absolute atomic E-state index is 0.109. The molecule has 0 aromatic heterocycles. The van der Waals surface area contributed by atoms with E-state index in [0.717, 1.165) is 12.1 Å². The van der Waals surface area contributed by atoms with Gasteiger partial charge in [0, 0.05) is 18.7 Å². The van der Waals surface area contributed by atoms with Crippen molar-refractivity contribution in [1.29, 1.82) is 0 Å². The maximum Gasteiger partial charge on any atom is 0.416 e. The lowest BCUT2D eigenvalue weighted by Gasteiger charge is -2.17. The smallest absolute Gasteiger partial charge is 0.416 e. The lowest BCUT2D eigenvalue weighted by atomic mass is 10.2. The summed E-state index contributed by atoms with van der Waals surface area (Å²) in [6.07, 6.45) is -4.85. The Hall–Kier alpha value is -3.03. The second kappa shape index (κ2) is 6.70. The molecule has 1 fully saturated rings. The second-order valence-electron chi connectivity index (χ2n) is 5.76. The highest BCUT2D eigenvalue weighted by atomic mass is 19.4. The third kappa shape index (κ3) is 3.63. The fourth-order valence-electron chi connectivity index (χ4n) is 2.69. The largest absolute Gasteiger partial charge is 0.481 e. The summed E-state index contributed by atoms with van der Waals surface area (Å²) in [4.78, 5) is 24.8. The monoisotopic (exact) mass is 365 g/mol. The van der Waals surface area contributed by atoms with Crippen LogP contribution in [0, 0.1) is 0 Å². The van der Waals surface area contributed by atoms with Gasteiger partial charge < -0.3 is 14.7 Å². The molecule has 0 spiro atoms. The molecule has 5 nitrogen and oxygen atoms in total. The third-order valence-corrected chi connectivity index (χ3v) is 4.04. The van der Waals surface area contributed by atoms with Gasteiger partial charge in [-0.15, -0.1) is 0 Å². The first-order valence-corrected chi connectivity index (χ1v) is 7.74. The van der Waals surface area contributed by atoms with Crippen LogP contribution in [0.25, 0.3) is 0 Å². The third-order valence-electron chi connectivity index (χ3n) is 4.04. The number of carboxylic acids is 1. The average molecular weight is 365 g/mol. The number of anilines is 1. The predicted molar refractivity (Wildman–Crippen MR) is 86.2 cm³/mol. The number of hydrogen-bond acceptors (Lipinski definition) is 3. The minimum Gasteiger partial charge on any atom is -0.481 e. The number of hydrogen-bond donors (Lipinski definition) is 1. The summed E-state index contributed by atoms with van der Waals surface area (Å²) in [5.41, 5.74) is -0.140. The topological polar surface area (TPSA) is 66.8 Å². The van der Waals surface area contributed by atoms with Gasteiger partial charge >= 0.3 is 12.1 Å². The van der Waals surface area contributed by atoms with Crippen LogP contribution in [-0.2, 0) is 11.0 Å². The molecule has 0 bridgehead atoms. The van der Waals surface area contributed by atoms with E-state index in [9.17, 15) is 22.8 Å². The Labute approximate surface area is 146 Å². The van der Waals surface area contributed by atoms with Crippen molar-refractivity contribution in [3.05, 3.63) is 59.7 Å². The van der Waals surface area contributed by atoms with Gasteiger partial charge in [-0.05, 0) is 48.5 Å². The molecule has 0 radical (unpaired) electrons. The van der Waals surface area contributed by atoms with E-state index in [2.05, 4.69) is 0 Å². The summed E-state index contributed by atoms with van der Waals surface area (Å²) in [5, 5.41) is 8.90. The van der Waals surface area contributed by atoms with Gasteiger partial charge in [-0.25, -0.2) is 4.79 Å². The first-order valence-electron chi connectivity index (χ1n) is 7.74. The first-order chi connectivity index (χ1) is 12.3. The Morgan fingerprint density at radius 2 is 1.69 bits per heavy atom. The van der Waals surface area contributed by atoms with E-state index >= 15 is 0 Å². The molecule has 2 aromatic carbocycles. The van der Waals surface area contributed by atoms with Crippen molar-refractivity contribution in [2.75, 3.05) is 11.4 Å². The summed E-state index contributed by atoms with van der Waals surface area (Å²) in [7, 11) is 0. The minimum atomic E-state index is -4.43. The molecule has 1 aliphatic rings. The van der Waals surface area contributed by atoms with E-state index in [1.54, 1.807) is 0 Å². The van der Waals surface area contributed by atoms with E-state index in [1.165, 1.54) is 41.3 Å². The van der Waals surface area contributed by atoms with E-state index in [0.29, 0.717) is 18.7 Å². The molecule has 1 saturated heterocycles. The number of carbonyl (C=O) groups is 2. The van der Waals surface area contributed by atoms with Crippen molar-refractivity contribution in [2.45, 2.75) is 18.7 Å². The Kier molecular flexibility index (Phi) is 4.58. The van der Waals surface area contributed by atoms with Crippen LogP contribution < -0.4 is 9.64 Å². The summed E-state index contributed by atoms with van der Waals surface area (Å²) in [6.45, 7) is 0.372. The molecule has 1 N–H and O–H groups in total. The van der Waals surface area contributed by atoms with Gasteiger partial charge in [-0.1, -0.05) is 0 Å². The molecular formula is C18H14F3NO4. The number of amides is 1. The zero-order valence-corrected chi connectivity index (χ0v) is 13.4. The molecule has 1 atom stereocenters. The van der Waals surface area contributed by atoms with Gasteiger partial charge in [0.05, 0.1) is 11.1 Å². The molecule has 1 heterocycles. The first kappa shape index (κ1) is 17.8. The number of carboxylic acid groups (broad SMARTS) is 1. The summed E-state index contributed by atoms with van der Waals surface area (Å²) < 4.78 is 43.2. The van der Waals surface area contributed by atoms with Crippen LogP contribution >= 0.6 is 0 Å². The molecule has 0 unspecified atom stereocenters. The van der Waals surface area contributed by atoms with Gasteiger partial charge in [0.2, 0.25) is 0 Å². The Balaban J connectivity index is 1.68. The maximum atomic E-state index is 12.6. The molecule has 8 heteroatoms. The molecule has 3 rings (SSSR count). The molecule has 26 heavy (non-hydrogen) atoms. The number of ether oxygens (including phenoxy) is 1. The number of nitrogens with zero attached hydrogens (tertiary/aromatic N) is 1. The molecule has 2 aromatic rings. The molecular weight excluding hydrogens is 351 g/mol. The Bertz CT molecular complexity index is 816. The molecule has 136 valence electrons. The van der Waals surface area contributed by atoms with Crippen LogP contribution in [0.1, 0.15) is 22.3 Å². The normalized spacial score (nSPS) is 17.4. The second-order valence-corrected chi connectivity index (χ2v) is 5.76. The average Bonchev–Trinajstić information content (AvgIpc) is 2.95. The van der Waals surface area contributed by atoms with E-state index in [-0.39, 0.29) is 17.2 Å². The van der Waals surface area contributed by atoms with Crippen LogP contribution in [0.4, 0.5) is 18.9 Å². The number of alkyl halides is 3. The van der Waals surface area contributed by atoms with Crippen molar-refractivity contribution in [3.63, 3.8) is 0 Å². The zero-order valence-electron chi connectivity index (χ0n) is 13.4. The summed E-state index contributed by atoms with van der Waals surface area (Å²) >= 11 is 0. The number of aromatic carboxylic acids is 1. The van der Waals surface area contributed by atoms with Gasteiger partial charge in [-0.3, -0.25) is 4.79 Å². The predicted octanol–water partition coefficient (Wildman–Crippen LogP) is 3.59. The Morgan fingerprint density at radius 3 is 2.23 bits per heavy atom. The summed E-state index contributed by atoms with van der Waals surface area (Å²) in [6, 6.07) is 10.0. The number of halogens is 3. The van der Waals surface area contributed by atoms with Crippen LogP contribution in [-0.4, -0.2) is 29.6 Å².